The molecule has 0 rings (SSSR count). The van der Waals surface area contributed by atoms with Gasteiger partial charge in [-0.25, -0.2) is 0 Å². The van der Waals surface area contributed by atoms with Crippen LogP contribution in [0.2, 0.25) is 0 Å². The van der Waals surface area contributed by atoms with Gasteiger partial charge >= 0.3 is 0 Å². The number of hydrogen-bond donors (Lipinski definition) is 9. The lowest BCUT2D eigenvalue weighted by Gasteiger charge is -2.25. The molecule has 0 aromatic rings. The summed E-state index contributed by atoms with van der Waals surface area (Å²) in [5.41, 5.74) is 2.72. The van der Waals surface area contributed by atoms with Crippen LogP contribution in [0.25, 0.3) is 0 Å². The molecular weight excluding hydrogens is 518 g/mol. The summed E-state index contributed by atoms with van der Waals surface area (Å²) in [6.07, 6.45) is -5.50. The van der Waals surface area contributed by atoms with Gasteiger partial charge in [0.05, 0.1) is 106 Å². The molecule has 230 valence electrons. The van der Waals surface area contributed by atoms with E-state index in [0.29, 0.717) is 0 Å². The van der Waals surface area contributed by atoms with E-state index in [1.807, 2.05) is 0 Å². The molecule has 0 saturated carbocycles. The maximum absolute atomic E-state index is 9.45. The Morgan fingerprint density at radius 3 is 1.00 bits per heavy atom. The number of aliphatic hydroxyl groups is 8. The van der Waals surface area contributed by atoms with Crippen molar-refractivity contribution in [3.8, 4) is 0 Å². The van der Waals surface area contributed by atoms with Gasteiger partial charge in [0.2, 0.25) is 0 Å². The summed E-state index contributed by atoms with van der Waals surface area (Å²) < 4.78 is 33.1. The minimum Gasteiger partial charge on any atom is -0.394 e. The predicted molar refractivity (Wildman–Crippen MR) is 129 cm³/mol. The van der Waals surface area contributed by atoms with Crippen molar-refractivity contribution >= 4 is 0 Å². The maximum Gasteiger partial charge on any atom is 0.104 e. The highest BCUT2D eigenvalue weighted by atomic mass is 16.6. The third kappa shape index (κ3) is 21.2. The molecule has 0 saturated heterocycles. The van der Waals surface area contributed by atoms with E-state index in [9.17, 15) is 20.4 Å². The second-order valence-corrected chi connectivity index (χ2v) is 8.43. The maximum atomic E-state index is 9.45. The lowest BCUT2D eigenvalue weighted by Crippen LogP contribution is -2.42. The molecule has 38 heavy (non-hydrogen) atoms. The summed E-state index contributed by atoms with van der Waals surface area (Å²) in [5.74, 6) is 0. The Bertz CT molecular complexity index is 437. The van der Waals surface area contributed by atoms with Gasteiger partial charge in [-0.1, -0.05) is 0 Å². The number of hydrogen-bond acceptors (Lipinski definition) is 16. The van der Waals surface area contributed by atoms with Gasteiger partial charge in [0, 0.05) is 0 Å². The first-order valence-corrected chi connectivity index (χ1v) is 12.3. The minimum atomic E-state index is -1.05. The normalized spacial score (nSPS) is 17.6. The van der Waals surface area contributed by atoms with Crippen molar-refractivity contribution in [2.24, 2.45) is 0 Å². The van der Waals surface area contributed by atoms with Crippen LogP contribution in [-0.2, 0) is 33.3 Å². The lowest BCUT2D eigenvalue weighted by molar-refractivity contribution is -0.119. The number of ether oxygens (including phenoxy) is 6. The van der Waals surface area contributed by atoms with Gasteiger partial charge in [0.25, 0.3) is 0 Å². The zero-order valence-electron chi connectivity index (χ0n) is 21.9. The minimum absolute atomic E-state index is 0.00247. The van der Waals surface area contributed by atoms with Gasteiger partial charge in [-0.3, -0.25) is 0 Å². The van der Waals surface area contributed by atoms with Crippen LogP contribution in [0.3, 0.4) is 0 Å². The molecule has 0 heterocycles. The quantitative estimate of drug-likeness (QED) is 0.0403. The fourth-order valence-electron chi connectivity index (χ4n) is 2.63. The van der Waals surface area contributed by atoms with Crippen LogP contribution in [-0.4, -0.2) is 183 Å². The standard InChI is InChI=1S/C22H47NO15/c1-32-23-16(6-37-21(12-33-8-17(28)2-24)13-34-9-18(29)3-25)7-38-22(14-35-10-19(30)4-26)15-36-11-20(31)5-27/h16-31H,2-15H2,1H3. The first-order valence-electron chi connectivity index (χ1n) is 12.3. The van der Waals surface area contributed by atoms with Gasteiger partial charge in [0.15, 0.2) is 0 Å². The zero-order valence-corrected chi connectivity index (χ0v) is 21.9. The molecule has 4 atom stereocenters. The summed E-state index contributed by atoms with van der Waals surface area (Å²) in [6, 6.07) is -0.512. The van der Waals surface area contributed by atoms with Crippen LogP contribution in [0.1, 0.15) is 0 Å². The molecule has 0 aliphatic carbocycles. The molecule has 4 unspecified atom stereocenters. The summed E-state index contributed by atoms with van der Waals surface area (Å²) >= 11 is 0. The first kappa shape index (κ1) is 37.4. The Labute approximate surface area is 222 Å². The SMILES string of the molecule is CONC(COC(COCC(O)CO)COCC(O)CO)COC(COCC(O)CO)COCC(O)CO. The fraction of sp³-hybridized carbons (Fsp3) is 1.00. The van der Waals surface area contributed by atoms with Crippen LogP contribution in [0.4, 0.5) is 0 Å². The zero-order chi connectivity index (χ0) is 28.6. The highest BCUT2D eigenvalue weighted by Gasteiger charge is 2.20. The highest BCUT2D eigenvalue weighted by molar-refractivity contribution is 4.67. The first-order chi connectivity index (χ1) is 18.3. The Balaban J connectivity index is 4.89. The third-order valence-corrected chi connectivity index (χ3v) is 4.65. The van der Waals surface area contributed by atoms with Crippen molar-refractivity contribution in [1.82, 2.24) is 5.48 Å². The molecule has 16 nitrogen and oxygen atoms in total. The lowest BCUT2D eigenvalue weighted by atomic mass is 10.3. The topological polar surface area (TPSA) is 238 Å². The second kappa shape index (κ2) is 25.3. The number of rotatable bonds is 28. The van der Waals surface area contributed by atoms with E-state index in [4.69, 9.17) is 53.7 Å². The summed E-state index contributed by atoms with van der Waals surface area (Å²) in [5, 5.41) is 73.5. The molecule has 0 aromatic carbocycles. The molecule has 0 radical (unpaired) electrons. The molecule has 0 aliphatic rings. The molecule has 0 amide bonds. The molecule has 0 spiro atoms. The Hall–Kier alpha value is -0.640. The van der Waals surface area contributed by atoms with Gasteiger partial charge < -0.3 is 74.1 Å². The largest absolute Gasteiger partial charge is 0.394 e. The van der Waals surface area contributed by atoms with Crippen LogP contribution >= 0.6 is 0 Å². The highest BCUT2D eigenvalue weighted by Crippen LogP contribution is 2.04. The average Bonchev–Trinajstić information content (AvgIpc) is 2.92. The van der Waals surface area contributed by atoms with E-state index in [1.54, 1.807) is 0 Å². The van der Waals surface area contributed by atoms with Crippen molar-refractivity contribution in [2.45, 2.75) is 42.7 Å². The predicted octanol–water partition coefficient (Wildman–Crippen LogP) is -5.24. The van der Waals surface area contributed by atoms with E-state index >= 15 is 0 Å². The van der Waals surface area contributed by atoms with Gasteiger partial charge in [-0.2, -0.15) is 5.48 Å². The number of hydroxylamine groups is 1. The monoisotopic (exact) mass is 565 g/mol. The van der Waals surface area contributed by atoms with Crippen molar-refractivity contribution < 1.29 is 74.1 Å². The van der Waals surface area contributed by atoms with E-state index in [-0.39, 0.29) is 66.1 Å². The molecule has 9 N–H and O–H groups in total. The Morgan fingerprint density at radius 2 is 0.763 bits per heavy atom. The molecule has 0 aromatic heterocycles. The van der Waals surface area contributed by atoms with Crippen molar-refractivity contribution in [3.63, 3.8) is 0 Å². The van der Waals surface area contributed by atoms with Gasteiger partial charge in [0.1, 0.15) is 36.6 Å². The van der Waals surface area contributed by atoms with E-state index in [2.05, 4.69) is 5.48 Å². The van der Waals surface area contributed by atoms with Gasteiger partial charge in [-0.15, -0.1) is 0 Å². The van der Waals surface area contributed by atoms with Gasteiger partial charge in [-0.05, 0) is 0 Å². The smallest absolute Gasteiger partial charge is 0.104 e. The van der Waals surface area contributed by atoms with Crippen LogP contribution < -0.4 is 5.48 Å². The van der Waals surface area contributed by atoms with Crippen LogP contribution in [0.5, 0.6) is 0 Å². The molecule has 0 aliphatic heterocycles. The fourth-order valence-corrected chi connectivity index (χ4v) is 2.63. The second-order valence-electron chi connectivity index (χ2n) is 8.43. The molecule has 0 bridgehead atoms. The number of nitrogens with one attached hydrogen (secondary N) is 1. The van der Waals surface area contributed by atoms with E-state index < -0.39 is 69.1 Å². The Morgan fingerprint density at radius 1 is 0.474 bits per heavy atom. The number of aliphatic hydroxyl groups excluding tert-OH is 8. The van der Waals surface area contributed by atoms with E-state index in [0.717, 1.165) is 0 Å². The molecule has 16 heteroatoms. The summed E-state index contributed by atoms with van der Waals surface area (Å²) in [4.78, 5) is 5.00. The van der Waals surface area contributed by atoms with Crippen molar-refractivity contribution in [1.29, 1.82) is 0 Å². The average molecular weight is 566 g/mol. The summed E-state index contributed by atoms with van der Waals surface area (Å²) in [6.45, 7) is -2.30. The molecule has 0 fully saturated rings. The van der Waals surface area contributed by atoms with Crippen LogP contribution in [0.15, 0.2) is 0 Å². The Kier molecular flexibility index (Phi) is 24.9. The molecular formula is C22H47NO15. The van der Waals surface area contributed by atoms with Crippen LogP contribution in [0, 0.1) is 0 Å². The van der Waals surface area contributed by atoms with Crippen molar-refractivity contribution in [3.05, 3.63) is 0 Å². The summed E-state index contributed by atoms with van der Waals surface area (Å²) in [7, 11) is 1.40. The third-order valence-electron chi connectivity index (χ3n) is 4.65. The van der Waals surface area contributed by atoms with E-state index in [1.165, 1.54) is 7.11 Å². The van der Waals surface area contributed by atoms with Crippen molar-refractivity contribution in [2.75, 3.05) is 99.6 Å².